The van der Waals surface area contributed by atoms with Gasteiger partial charge in [0.2, 0.25) is 0 Å². The molecule has 1 saturated heterocycles. The fourth-order valence-corrected chi connectivity index (χ4v) is 1.38. The Bertz CT molecular complexity index is 89.7. The highest BCUT2D eigenvalue weighted by atomic mass is 32.1. The Morgan fingerprint density at radius 1 is 1.60 bits per heavy atom. The summed E-state index contributed by atoms with van der Waals surface area (Å²) in [7, 11) is 3.93. The molecule has 2 nitrogen and oxygen atoms in total. The molecule has 1 aliphatic rings. The third-order valence-corrected chi connectivity index (χ3v) is 2.03. The van der Waals surface area contributed by atoms with Crippen LogP contribution in [0.2, 0.25) is 0 Å². The average Bonchev–Trinajstić information content (AvgIpc) is 2.18. The van der Waals surface area contributed by atoms with E-state index in [0.717, 1.165) is 6.61 Å². The third-order valence-electron chi connectivity index (χ3n) is 2.03. The molecule has 0 spiro atoms. The van der Waals surface area contributed by atoms with E-state index in [4.69, 9.17) is 4.74 Å². The van der Waals surface area contributed by atoms with Crippen molar-refractivity contribution >= 4 is 13.5 Å². The summed E-state index contributed by atoms with van der Waals surface area (Å²) in [6.07, 6.45) is 2.65. The molecule has 10 heavy (non-hydrogen) atoms. The van der Waals surface area contributed by atoms with Gasteiger partial charge in [-0.25, -0.2) is 0 Å². The van der Waals surface area contributed by atoms with Gasteiger partial charge >= 0.3 is 0 Å². The van der Waals surface area contributed by atoms with Gasteiger partial charge < -0.3 is 9.64 Å². The van der Waals surface area contributed by atoms with E-state index in [1.165, 1.54) is 19.4 Å². The Hall–Kier alpha value is 0.270. The molecule has 0 aromatic rings. The minimum Gasteiger partial charge on any atom is -0.383 e. The van der Waals surface area contributed by atoms with Gasteiger partial charge in [-0.05, 0) is 26.4 Å². The lowest BCUT2D eigenvalue weighted by Gasteiger charge is -2.17. The van der Waals surface area contributed by atoms with Gasteiger partial charge in [-0.1, -0.05) is 0 Å². The van der Waals surface area contributed by atoms with E-state index >= 15 is 0 Å². The fraction of sp³-hybridized carbons (Fsp3) is 1.00. The van der Waals surface area contributed by atoms with Gasteiger partial charge in [-0.2, -0.15) is 13.5 Å². The van der Waals surface area contributed by atoms with Crippen LogP contribution in [-0.4, -0.2) is 38.3 Å². The topological polar surface area (TPSA) is 12.5 Å². The predicted molar refractivity (Wildman–Crippen MR) is 47.9 cm³/mol. The van der Waals surface area contributed by atoms with E-state index in [9.17, 15) is 0 Å². The minimum absolute atomic E-state index is 0. The second-order valence-electron chi connectivity index (χ2n) is 2.73. The van der Waals surface area contributed by atoms with Crippen molar-refractivity contribution in [3.05, 3.63) is 0 Å². The van der Waals surface area contributed by atoms with Crippen LogP contribution in [0.3, 0.4) is 0 Å². The number of methoxy groups -OCH3 is 1. The number of ether oxygens (including phenoxy) is 1. The summed E-state index contributed by atoms with van der Waals surface area (Å²) in [4.78, 5) is 2.36. The van der Waals surface area contributed by atoms with Crippen LogP contribution in [0.4, 0.5) is 0 Å². The molecule has 0 N–H and O–H groups in total. The Morgan fingerprint density at radius 2 is 2.30 bits per heavy atom. The summed E-state index contributed by atoms with van der Waals surface area (Å²) < 4.78 is 5.05. The lowest BCUT2D eigenvalue weighted by molar-refractivity contribution is 0.129. The summed E-state index contributed by atoms with van der Waals surface area (Å²) in [5.74, 6) is 0. The van der Waals surface area contributed by atoms with E-state index < -0.39 is 0 Å². The first kappa shape index (κ1) is 10.3. The molecule has 0 radical (unpaired) electrons. The van der Waals surface area contributed by atoms with Crippen molar-refractivity contribution in [2.24, 2.45) is 0 Å². The van der Waals surface area contributed by atoms with Crippen molar-refractivity contribution in [3.8, 4) is 0 Å². The van der Waals surface area contributed by atoms with Gasteiger partial charge in [0.25, 0.3) is 0 Å². The Balaban J connectivity index is 0.000000810. The maximum atomic E-state index is 5.05. The quantitative estimate of drug-likeness (QED) is 0.598. The van der Waals surface area contributed by atoms with Gasteiger partial charge in [0.05, 0.1) is 6.61 Å². The molecule has 0 saturated carbocycles. The zero-order chi connectivity index (χ0) is 6.69. The van der Waals surface area contributed by atoms with E-state index in [1.807, 2.05) is 0 Å². The predicted octanol–water partition coefficient (Wildman–Crippen LogP) is 0.840. The number of nitrogens with zero attached hydrogens (tertiary/aromatic N) is 1. The normalized spacial score (nSPS) is 26.4. The molecule has 1 rings (SSSR count). The van der Waals surface area contributed by atoms with Gasteiger partial charge in [0.1, 0.15) is 0 Å². The molecule has 0 aromatic heterocycles. The van der Waals surface area contributed by atoms with Crippen molar-refractivity contribution in [3.63, 3.8) is 0 Å². The number of rotatable bonds is 2. The highest BCUT2D eigenvalue weighted by Gasteiger charge is 2.19. The standard InChI is InChI=1S/C7H15NO.H2S/c1-8-5-3-4-7(8)6-9-2;/h7H,3-6H2,1-2H3;1H2. The van der Waals surface area contributed by atoms with Crippen LogP contribution in [0.5, 0.6) is 0 Å². The molecule has 0 amide bonds. The van der Waals surface area contributed by atoms with E-state index in [2.05, 4.69) is 11.9 Å². The second-order valence-corrected chi connectivity index (χ2v) is 2.73. The second kappa shape index (κ2) is 4.99. The molecular formula is C7H17NOS. The number of likely N-dealkylation sites (N-methyl/N-ethyl adjacent to an activating group) is 1. The highest BCUT2D eigenvalue weighted by Crippen LogP contribution is 2.13. The summed E-state index contributed by atoms with van der Waals surface area (Å²) in [5, 5.41) is 0. The molecule has 1 heterocycles. The maximum absolute atomic E-state index is 5.05. The maximum Gasteiger partial charge on any atom is 0.0617 e. The third kappa shape index (κ3) is 2.48. The van der Waals surface area contributed by atoms with Crippen LogP contribution < -0.4 is 0 Å². The van der Waals surface area contributed by atoms with Crippen molar-refractivity contribution in [1.29, 1.82) is 0 Å². The van der Waals surface area contributed by atoms with Crippen LogP contribution in [0.25, 0.3) is 0 Å². The van der Waals surface area contributed by atoms with Crippen molar-refractivity contribution in [2.75, 3.05) is 27.3 Å². The van der Waals surface area contributed by atoms with Crippen LogP contribution in [0.1, 0.15) is 12.8 Å². The molecule has 1 fully saturated rings. The zero-order valence-electron chi connectivity index (χ0n) is 6.76. The molecule has 62 valence electrons. The number of likely N-dealkylation sites (tertiary alicyclic amines) is 1. The molecule has 0 bridgehead atoms. The Morgan fingerprint density at radius 3 is 2.70 bits per heavy atom. The fourth-order valence-electron chi connectivity index (χ4n) is 1.38. The Kier molecular flexibility index (Phi) is 5.13. The van der Waals surface area contributed by atoms with Gasteiger partial charge in [0.15, 0.2) is 0 Å². The van der Waals surface area contributed by atoms with E-state index in [0.29, 0.717) is 6.04 Å². The van der Waals surface area contributed by atoms with E-state index in [1.54, 1.807) is 7.11 Å². The first-order chi connectivity index (χ1) is 4.34. The molecule has 1 aliphatic heterocycles. The summed E-state index contributed by atoms with van der Waals surface area (Å²) in [5.41, 5.74) is 0. The lowest BCUT2D eigenvalue weighted by Crippen LogP contribution is -2.28. The zero-order valence-corrected chi connectivity index (χ0v) is 7.76. The lowest BCUT2D eigenvalue weighted by atomic mass is 10.2. The molecular weight excluding hydrogens is 146 g/mol. The SMILES string of the molecule is COCC1CCCN1C.S. The van der Waals surface area contributed by atoms with Gasteiger partial charge in [0, 0.05) is 13.2 Å². The minimum atomic E-state index is 0. The van der Waals surface area contributed by atoms with Crippen molar-refractivity contribution in [2.45, 2.75) is 18.9 Å². The summed E-state index contributed by atoms with van der Waals surface area (Å²) >= 11 is 0. The first-order valence-corrected chi connectivity index (χ1v) is 3.54. The first-order valence-electron chi connectivity index (χ1n) is 3.54. The molecule has 1 atom stereocenters. The average molecular weight is 163 g/mol. The molecule has 1 unspecified atom stereocenters. The van der Waals surface area contributed by atoms with E-state index in [-0.39, 0.29) is 13.5 Å². The summed E-state index contributed by atoms with van der Waals surface area (Å²) in [6, 6.07) is 0.690. The van der Waals surface area contributed by atoms with Crippen LogP contribution >= 0.6 is 13.5 Å². The summed E-state index contributed by atoms with van der Waals surface area (Å²) in [6.45, 7) is 2.14. The van der Waals surface area contributed by atoms with Crippen LogP contribution in [0.15, 0.2) is 0 Å². The molecule has 3 heteroatoms. The smallest absolute Gasteiger partial charge is 0.0617 e. The van der Waals surface area contributed by atoms with Crippen LogP contribution in [-0.2, 0) is 4.74 Å². The highest BCUT2D eigenvalue weighted by molar-refractivity contribution is 7.59. The number of hydrogen-bond donors (Lipinski definition) is 0. The molecule has 0 aromatic carbocycles. The monoisotopic (exact) mass is 163 g/mol. The largest absolute Gasteiger partial charge is 0.383 e. The van der Waals surface area contributed by atoms with Crippen molar-refractivity contribution < 1.29 is 4.74 Å². The van der Waals surface area contributed by atoms with Crippen LogP contribution in [0, 0.1) is 0 Å². The van der Waals surface area contributed by atoms with Gasteiger partial charge in [-0.15, -0.1) is 0 Å². The molecule has 0 aliphatic carbocycles. The number of hydrogen-bond acceptors (Lipinski definition) is 2. The van der Waals surface area contributed by atoms with Crippen molar-refractivity contribution in [1.82, 2.24) is 4.90 Å². The van der Waals surface area contributed by atoms with Gasteiger partial charge in [-0.3, -0.25) is 0 Å². The Labute approximate surface area is 70.0 Å².